The van der Waals surface area contributed by atoms with Crippen molar-refractivity contribution in [1.82, 2.24) is 0 Å². The standard InChI is InChI=1S/C15H19F3OS2/c1-9-10(2)21-14(8-20-9)13(19)7-11-4-3-5-12(6-11)15(16,17)18/h3-6,9-10,13-14,19H,7-8H2,1-2H3. The van der Waals surface area contributed by atoms with Gasteiger partial charge in [0.1, 0.15) is 0 Å². The van der Waals surface area contributed by atoms with E-state index < -0.39 is 17.8 Å². The molecule has 0 spiro atoms. The van der Waals surface area contributed by atoms with Gasteiger partial charge in [0.05, 0.1) is 11.7 Å². The Balaban J connectivity index is 2.01. The summed E-state index contributed by atoms with van der Waals surface area (Å²) in [5.41, 5.74) is -0.117. The van der Waals surface area contributed by atoms with Crippen LogP contribution in [0.1, 0.15) is 25.0 Å². The third kappa shape index (κ3) is 4.57. The molecule has 1 aliphatic rings. The van der Waals surface area contributed by atoms with E-state index in [1.807, 2.05) is 11.8 Å². The molecule has 0 aromatic heterocycles. The Morgan fingerprint density at radius 2 is 2.00 bits per heavy atom. The number of hydrogen-bond donors (Lipinski definition) is 1. The van der Waals surface area contributed by atoms with Crippen molar-refractivity contribution in [2.24, 2.45) is 0 Å². The average Bonchev–Trinajstić information content (AvgIpc) is 2.41. The molecule has 0 radical (unpaired) electrons. The Bertz CT molecular complexity index is 478. The normalized spacial score (nSPS) is 28.4. The van der Waals surface area contributed by atoms with Crippen molar-refractivity contribution in [3.05, 3.63) is 35.4 Å². The largest absolute Gasteiger partial charge is 0.416 e. The van der Waals surface area contributed by atoms with Crippen molar-refractivity contribution in [2.75, 3.05) is 5.75 Å². The van der Waals surface area contributed by atoms with E-state index in [0.29, 0.717) is 16.1 Å². The van der Waals surface area contributed by atoms with E-state index in [1.165, 1.54) is 6.07 Å². The lowest BCUT2D eigenvalue weighted by molar-refractivity contribution is -0.137. The average molecular weight is 336 g/mol. The molecule has 0 saturated carbocycles. The quantitative estimate of drug-likeness (QED) is 0.892. The van der Waals surface area contributed by atoms with Crippen molar-refractivity contribution in [3.63, 3.8) is 0 Å². The van der Waals surface area contributed by atoms with Gasteiger partial charge in [-0.05, 0) is 18.1 Å². The first-order valence-electron chi connectivity index (χ1n) is 6.88. The molecule has 1 nitrogen and oxygen atoms in total. The molecule has 1 aromatic rings. The second-order valence-corrected chi connectivity index (χ2v) is 8.42. The first-order chi connectivity index (χ1) is 9.77. The second-order valence-electron chi connectivity index (χ2n) is 5.39. The molecule has 4 unspecified atom stereocenters. The molecule has 2 rings (SSSR count). The lowest BCUT2D eigenvalue weighted by Gasteiger charge is -2.33. The molecular weight excluding hydrogens is 317 g/mol. The molecule has 4 atom stereocenters. The Labute approximate surface area is 131 Å². The van der Waals surface area contributed by atoms with Gasteiger partial charge >= 0.3 is 6.18 Å². The van der Waals surface area contributed by atoms with Crippen molar-refractivity contribution in [3.8, 4) is 0 Å². The first kappa shape index (κ1) is 17.0. The zero-order valence-corrected chi connectivity index (χ0v) is 13.6. The minimum absolute atomic E-state index is 0.0794. The second kappa shape index (κ2) is 6.84. The van der Waals surface area contributed by atoms with Gasteiger partial charge in [-0.25, -0.2) is 0 Å². The highest BCUT2D eigenvalue weighted by molar-refractivity contribution is 8.07. The fraction of sp³-hybridized carbons (Fsp3) is 0.600. The van der Waals surface area contributed by atoms with Gasteiger partial charge in [0, 0.05) is 21.5 Å². The van der Waals surface area contributed by atoms with Crippen LogP contribution in [0.5, 0.6) is 0 Å². The van der Waals surface area contributed by atoms with Gasteiger partial charge in [0.25, 0.3) is 0 Å². The van der Waals surface area contributed by atoms with E-state index >= 15 is 0 Å². The number of rotatable bonds is 3. The molecule has 1 heterocycles. The Morgan fingerprint density at radius 3 is 2.62 bits per heavy atom. The summed E-state index contributed by atoms with van der Waals surface area (Å²) in [5.74, 6) is 0.844. The number of hydrogen-bond acceptors (Lipinski definition) is 3. The molecule has 1 aromatic carbocycles. The van der Waals surface area contributed by atoms with Crippen molar-refractivity contribution < 1.29 is 18.3 Å². The van der Waals surface area contributed by atoms with Crippen LogP contribution in [0.2, 0.25) is 0 Å². The van der Waals surface area contributed by atoms with Crippen LogP contribution >= 0.6 is 23.5 Å². The Hall–Kier alpha value is -0.330. The summed E-state index contributed by atoms with van der Waals surface area (Å²) >= 11 is 3.56. The van der Waals surface area contributed by atoms with Gasteiger partial charge in [-0.3, -0.25) is 0 Å². The Morgan fingerprint density at radius 1 is 1.29 bits per heavy atom. The molecule has 1 N–H and O–H groups in total. The molecule has 0 bridgehead atoms. The molecule has 6 heteroatoms. The fourth-order valence-electron chi connectivity index (χ4n) is 2.26. The first-order valence-corrected chi connectivity index (χ1v) is 8.88. The van der Waals surface area contributed by atoms with Gasteiger partial charge in [0.15, 0.2) is 0 Å². The molecule has 118 valence electrons. The zero-order chi connectivity index (χ0) is 15.6. The number of benzene rings is 1. The smallest absolute Gasteiger partial charge is 0.392 e. The summed E-state index contributed by atoms with van der Waals surface area (Å²) in [6, 6.07) is 5.24. The number of thioether (sulfide) groups is 2. The lowest BCUT2D eigenvalue weighted by atomic mass is 10.0. The maximum atomic E-state index is 12.7. The monoisotopic (exact) mass is 336 g/mol. The lowest BCUT2D eigenvalue weighted by Crippen LogP contribution is -2.35. The molecule has 1 aliphatic heterocycles. The van der Waals surface area contributed by atoms with E-state index in [1.54, 1.807) is 17.8 Å². The minimum Gasteiger partial charge on any atom is -0.392 e. The number of aliphatic hydroxyl groups excluding tert-OH is 1. The van der Waals surface area contributed by atoms with Gasteiger partial charge in [-0.2, -0.15) is 36.7 Å². The van der Waals surface area contributed by atoms with E-state index in [-0.39, 0.29) is 11.7 Å². The summed E-state index contributed by atoms with van der Waals surface area (Å²) in [5, 5.41) is 11.4. The Kier molecular flexibility index (Phi) is 5.54. The van der Waals surface area contributed by atoms with Crippen LogP contribution in [-0.4, -0.2) is 32.7 Å². The number of halogens is 3. The van der Waals surface area contributed by atoms with E-state index in [2.05, 4.69) is 13.8 Å². The van der Waals surface area contributed by atoms with Crippen LogP contribution < -0.4 is 0 Å². The summed E-state index contributed by atoms with van der Waals surface area (Å²) in [4.78, 5) is 0. The number of aliphatic hydroxyl groups is 1. The molecule has 0 aliphatic carbocycles. The van der Waals surface area contributed by atoms with Gasteiger partial charge < -0.3 is 5.11 Å². The highest BCUT2D eigenvalue weighted by Crippen LogP contribution is 2.38. The zero-order valence-electron chi connectivity index (χ0n) is 11.9. The predicted octanol–water partition coefficient (Wildman–Crippen LogP) is 4.23. The maximum absolute atomic E-state index is 12.7. The van der Waals surface area contributed by atoms with Crippen LogP contribution in [0.3, 0.4) is 0 Å². The molecule has 1 fully saturated rings. The molecule has 1 saturated heterocycles. The van der Waals surface area contributed by atoms with E-state index in [4.69, 9.17) is 0 Å². The topological polar surface area (TPSA) is 20.2 Å². The third-order valence-corrected chi connectivity index (χ3v) is 7.24. The predicted molar refractivity (Wildman–Crippen MR) is 83.9 cm³/mol. The van der Waals surface area contributed by atoms with Gasteiger partial charge in [-0.15, -0.1) is 0 Å². The third-order valence-electron chi connectivity index (χ3n) is 3.70. The highest BCUT2D eigenvalue weighted by Gasteiger charge is 2.32. The maximum Gasteiger partial charge on any atom is 0.416 e. The van der Waals surface area contributed by atoms with Crippen LogP contribution in [0.15, 0.2) is 24.3 Å². The van der Waals surface area contributed by atoms with E-state index in [9.17, 15) is 18.3 Å². The molecular formula is C15H19F3OS2. The van der Waals surface area contributed by atoms with Crippen molar-refractivity contribution in [1.29, 1.82) is 0 Å². The highest BCUT2D eigenvalue weighted by atomic mass is 32.2. The fourth-order valence-corrected chi connectivity index (χ4v) is 5.27. The van der Waals surface area contributed by atoms with Crippen molar-refractivity contribution >= 4 is 23.5 Å². The summed E-state index contributed by atoms with van der Waals surface area (Å²) < 4.78 is 38.1. The van der Waals surface area contributed by atoms with Gasteiger partial charge in [-0.1, -0.05) is 32.0 Å². The SMILES string of the molecule is CC1SCC(C(O)Cc2cccc(C(F)(F)F)c2)SC1C. The minimum atomic E-state index is -4.33. The van der Waals surface area contributed by atoms with Crippen LogP contribution in [0.4, 0.5) is 13.2 Å². The summed E-state index contributed by atoms with van der Waals surface area (Å²) in [7, 11) is 0. The molecule has 0 amide bonds. The molecule has 21 heavy (non-hydrogen) atoms. The summed E-state index contributed by atoms with van der Waals surface area (Å²) in [6.45, 7) is 4.29. The van der Waals surface area contributed by atoms with E-state index in [0.717, 1.165) is 17.9 Å². The number of alkyl halides is 3. The van der Waals surface area contributed by atoms with Crippen LogP contribution in [0.25, 0.3) is 0 Å². The van der Waals surface area contributed by atoms with Crippen LogP contribution in [0, 0.1) is 0 Å². The van der Waals surface area contributed by atoms with Gasteiger partial charge in [0.2, 0.25) is 0 Å². The van der Waals surface area contributed by atoms with Crippen molar-refractivity contribution in [2.45, 2.75) is 48.3 Å². The summed E-state index contributed by atoms with van der Waals surface area (Å²) in [6.07, 6.45) is -4.68. The van der Waals surface area contributed by atoms with Crippen LogP contribution in [-0.2, 0) is 12.6 Å².